The summed E-state index contributed by atoms with van der Waals surface area (Å²) in [6, 6.07) is 0.532. The molecule has 0 radical (unpaired) electrons. The third-order valence-corrected chi connectivity index (χ3v) is 3.62. The molecule has 1 aliphatic rings. The number of hydrogen-bond donors (Lipinski definition) is 1. The molecule has 0 saturated carbocycles. The second kappa shape index (κ2) is 8.88. The summed E-state index contributed by atoms with van der Waals surface area (Å²) in [7, 11) is 0. The lowest BCUT2D eigenvalue weighted by molar-refractivity contribution is -0.132. The van der Waals surface area contributed by atoms with E-state index in [0.29, 0.717) is 25.7 Å². The summed E-state index contributed by atoms with van der Waals surface area (Å²) in [4.78, 5) is 16.4. The highest BCUT2D eigenvalue weighted by Crippen LogP contribution is 2.11. The molecular formula is C15H27N3O. The molecule has 108 valence electrons. The Kier molecular flexibility index (Phi) is 7.45. The molecule has 0 aliphatic carbocycles. The maximum absolute atomic E-state index is 12.3. The van der Waals surface area contributed by atoms with Crippen molar-refractivity contribution in [2.45, 2.75) is 25.8 Å². The Morgan fingerprint density at radius 2 is 1.84 bits per heavy atom. The molecule has 0 atom stereocenters. The minimum Gasteiger partial charge on any atom is -0.334 e. The maximum atomic E-state index is 12.3. The van der Waals surface area contributed by atoms with Gasteiger partial charge in [-0.05, 0) is 32.5 Å². The van der Waals surface area contributed by atoms with Gasteiger partial charge >= 0.3 is 0 Å². The van der Waals surface area contributed by atoms with Gasteiger partial charge in [0, 0.05) is 19.1 Å². The van der Waals surface area contributed by atoms with E-state index in [1.165, 1.54) is 0 Å². The zero-order valence-electron chi connectivity index (χ0n) is 12.1. The first-order valence-corrected chi connectivity index (χ1v) is 7.17. The van der Waals surface area contributed by atoms with E-state index in [-0.39, 0.29) is 5.91 Å². The molecule has 4 heteroatoms. The highest BCUT2D eigenvalue weighted by molar-refractivity contribution is 5.78. The third-order valence-electron chi connectivity index (χ3n) is 3.62. The van der Waals surface area contributed by atoms with Crippen molar-refractivity contribution in [1.29, 1.82) is 0 Å². The van der Waals surface area contributed by atoms with Crippen molar-refractivity contribution < 1.29 is 4.79 Å². The fourth-order valence-electron chi connectivity index (χ4n) is 2.53. The average molecular weight is 265 g/mol. The number of likely N-dealkylation sites (N-methyl/N-ethyl adjacent to an activating group) is 1. The smallest absolute Gasteiger partial charge is 0.237 e. The number of amides is 1. The molecule has 1 saturated heterocycles. The first-order valence-electron chi connectivity index (χ1n) is 7.17. The minimum atomic E-state index is 0.167. The highest BCUT2D eigenvalue weighted by Gasteiger charge is 2.23. The largest absolute Gasteiger partial charge is 0.334 e. The van der Waals surface area contributed by atoms with Crippen molar-refractivity contribution in [2.75, 3.05) is 39.3 Å². The Bertz CT molecular complexity index is 288. The Labute approximate surface area is 117 Å². The first kappa shape index (κ1) is 15.9. The maximum Gasteiger partial charge on any atom is 0.237 e. The predicted octanol–water partition coefficient (Wildman–Crippen LogP) is 1.26. The van der Waals surface area contributed by atoms with Crippen LogP contribution in [0.15, 0.2) is 25.3 Å². The molecule has 1 fully saturated rings. The minimum absolute atomic E-state index is 0.167. The van der Waals surface area contributed by atoms with Crippen LogP contribution in [0.2, 0.25) is 0 Å². The van der Waals surface area contributed by atoms with Gasteiger partial charge in [-0.15, -0.1) is 13.2 Å². The van der Waals surface area contributed by atoms with Gasteiger partial charge in [-0.25, -0.2) is 0 Å². The molecule has 1 N–H and O–H groups in total. The Hall–Kier alpha value is -1.13. The number of nitrogens with zero attached hydrogens (tertiary/aromatic N) is 2. The van der Waals surface area contributed by atoms with Crippen molar-refractivity contribution in [3.8, 4) is 0 Å². The number of carbonyl (C=O) groups is 1. The molecule has 1 aliphatic heterocycles. The van der Waals surface area contributed by atoms with Crippen LogP contribution in [-0.4, -0.2) is 61.0 Å². The van der Waals surface area contributed by atoms with Crippen LogP contribution in [-0.2, 0) is 4.79 Å². The quantitative estimate of drug-likeness (QED) is 0.671. The van der Waals surface area contributed by atoms with Gasteiger partial charge in [-0.1, -0.05) is 19.1 Å². The summed E-state index contributed by atoms with van der Waals surface area (Å²) >= 11 is 0. The monoisotopic (exact) mass is 265 g/mol. The molecule has 1 amide bonds. The standard InChI is InChI=1S/C15H27N3O/c1-4-11-18(12-5-2)15(19)13-17(6-3)14-7-9-16-10-8-14/h4-5,14,16H,1-2,6-13H2,3H3. The van der Waals surface area contributed by atoms with E-state index >= 15 is 0 Å². The second-order valence-corrected chi connectivity index (χ2v) is 4.92. The van der Waals surface area contributed by atoms with Gasteiger partial charge in [-0.3, -0.25) is 9.69 Å². The molecule has 0 bridgehead atoms. The molecule has 0 unspecified atom stereocenters. The number of nitrogens with one attached hydrogen (secondary N) is 1. The zero-order valence-corrected chi connectivity index (χ0v) is 12.1. The number of rotatable bonds is 8. The number of carbonyl (C=O) groups excluding carboxylic acids is 1. The SMILES string of the molecule is C=CCN(CC=C)C(=O)CN(CC)C1CCNCC1. The lowest BCUT2D eigenvalue weighted by Gasteiger charge is -2.34. The number of hydrogen-bond acceptors (Lipinski definition) is 3. The van der Waals surface area contributed by atoms with Crippen LogP contribution in [0, 0.1) is 0 Å². The van der Waals surface area contributed by atoms with E-state index in [2.05, 4.69) is 30.3 Å². The van der Waals surface area contributed by atoms with Crippen LogP contribution in [0.5, 0.6) is 0 Å². The van der Waals surface area contributed by atoms with E-state index in [1.54, 1.807) is 17.1 Å². The van der Waals surface area contributed by atoms with Crippen LogP contribution >= 0.6 is 0 Å². The van der Waals surface area contributed by atoms with Gasteiger partial charge in [-0.2, -0.15) is 0 Å². The summed E-state index contributed by atoms with van der Waals surface area (Å²) in [6.45, 7) is 14.3. The van der Waals surface area contributed by atoms with Gasteiger partial charge < -0.3 is 10.2 Å². The molecule has 19 heavy (non-hydrogen) atoms. The van der Waals surface area contributed by atoms with E-state index in [4.69, 9.17) is 0 Å². The van der Waals surface area contributed by atoms with Gasteiger partial charge in [0.2, 0.25) is 5.91 Å². The fraction of sp³-hybridized carbons (Fsp3) is 0.667. The van der Waals surface area contributed by atoms with Gasteiger partial charge in [0.15, 0.2) is 0 Å². The first-order chi connectivity index (χ1) is 9.22. The van der Waals surface area contributed by atoms with Crippen molar-refractivity contribution in [3.63, 3.8) is 0 Å². The summed E-state index contributed by atoms with van der Waals surface area (Å²) in [5, 5.41) is 3.36. The van der Waals surface area contributed by atoms with Gasteiger partial charge in [0.1, 0.15) is 0 Å². The molecule has 0 aromatic carbocycles. The summed E-state index contributed by atoms with van der Waals surface area (Å²) < 4.78 is 0. The molecule has 0 spiro atoms. The van der Waals surface area contributed by atoms with Gasteiger partial charge in [0.25, 0.3) is 0 Å². The van der Waals surface area contributed by atoms with E-state index < -0.39 is 0 Å². The zero-order chi connectivity index (χ0) is 14.1. The van der Waals surface area contributed by atoms with E-state index in [1.807, 2.05) is 0 Å². The average Bonchev–Trinajstić information content (AvgIpc) is 2.45. The molecule has 0 aromatic rings. The van der Waals surface area contributed by atoms with E-state index in [0.717, 1.165) is 32.5 Å². The van der Waals surface area contributed by atoms with Crippen molar-refractivity contribution in [3.05, 3.63) is 25.3 Å². The Morgan fingerprint density at radius 1 is 1.26 bits per heavy atom. The van der Waals surface area contributed by atoms with Crippen molar-refractivity contribution in [1.82, 2.24) is 15.1 Å². The van der Waals surface area contributed by atoms with Crippen molar-refractivity contribution in [2.24, 2.45) is 0 Å². The topological polar surface area (TPSA) is 35.6 Å². The van der Waals surface area contributed by atoms with Crippen LogP contribution in [0.3, 0.4) is 0 Å². The lowest BCUT2D eigenvalue weighted by atomic mass is 10.0. The number of piperidine rings is 1. The fourth-order valence-corrected chi connectivity index (χ4v) is 2.53. The van der Waals surface area contributed by atoms with Crippen LogP contribution in [0.4, 0.5) is 0 Å². The lowest BCUT2D eigenvalue weighted by Crippen LogP contribution is -2.48. The molecule has 0 aromatic heterocycles. The molecule has 1 heterocycles. The van der Waals surface area contributed by atoms with Crippen LogP contribution < -0.4 is 5.32 Å². The molecule has 1 rings (SSSR count). The summed E-state index contributed by atoms with van der Waals surface area (Å²) in [5.41, 5.74) is 0. The Morgan fingerprint density at radius 3 is 2.32 bits per heavy atom. The molecular weight excluding hydrogens is 238 g/mol. The molecule has 4 nitrogen and oxygen atoms in total. The predicted molar refractivity (Wildman–Crippen MR) is 80.1 cm³/mol. The van der Waals surface area contributed by atoms with Crippen molar-refractivity contribution >= 4 is 5.91 Å². The summed E-state index contributed by atoms with van der Waals surface area (Å²) in [5.74, 6) is 0.167. The highest BCUT2D eigenvalue weighted by atomic mass is 16.2. The summed E-state index contributed by atoms with van der Waals surface area (Å²) in [6.07, 6.45) is 5.79. The van der Waals surface area contributed by atoms with Gasteiger partial charge in [0.05, 0.1) is 6.54 Å². The van der Waals surface area contributed by atoms with Crippen LogP contribution in [0.25, 0.3) is 0 Å². The third kappa shape index (κ3) is 5.17. The van der Waals surface area contributed by atoms with Crippen LogP contribution in [0.1, 0.15) is 19.8 Å². The van der Waals surface area contributed by atoms with E-state index in [9.17, 15) is 4.79 Å². The Balaban J connectivity index is 2.54. The normalized spacial score (nSPS) is 16.3. The second-order valence-electron chi connectivity index (χ2n) is 4.92.